The van der Waals surface area contributed by atoms with E-state index < -0.39 is 11.4 Å². The van der Waals surface area contributed by atoms with Gasteiger partial charge in [0, 0.05) is 30.7 Å². The number of fused-ring (bicyclic) bond motifs is 4. The molecular weight excluding hydrogens is 453 g/mol. The molecule has 2 atom stereocenters. The first-order valence-corrected chi connectivity index (χ1v) is 11.8. The third-order valence-corrected chi connectivity index (χ3v) is 8.08. The molecule has 1 aromatic carbocycles. The van der Waals surface area contributed by atoms with Gasteiger partial charge in [-0.2, -0.15) is 14.5 Å². The molecule has 3 aromatic heterocycles. The highest BCUT2D eigenvalue weighted by atomic mass is 19.1. The molecule has 2 aliphatic carbocycles. The quantitative estimate of drug-likeness (QED) is 0.420. The fraction of sp³-hybridized carbons (Fsp3) is 0.478. The first kappa shape index (κ1) is 20.5. The van der Waals surface area contributed by atoms with Gasteiger partial charge in [0.05, 0.1) is 36.5 Å². The van der Waals surface area contributed by atoms with E-state index in [9.17, 15) is 9.30 Å². The summed E-state index contributed by atoms with van der Waals surface area (Å²) in [5.41, 5.74) is 7.51. The topological polar surface area (TPSA) is 129 Å². The van der Waals surface area contributed by atoms with Crippen LogP contribution in [0.25, 0.3) is 16.6 Å². The second-order valence-corrected chi connectivity index (χ2v) is 10.1. The van der Waals surface area contributed by atoms with E-state index in [4.69, 9.17) is 20.6 Å². The van der Waals surface area contributed by atoms with Crippen LogP contribution < -0.4 is 15.4 Å². The average Bonchev–Trinajstić information content (AvgIpc) is 3.25. The smallest absolute Gasteiger partial charge is 0.223 e. The fourth-order valence-electron chi connectivity index (χ4n) is 5.79. The van der Waals surface area contributed by atoms with Crippen molar-refractivity contribution in [2.75, 3.05) is 30.8 Å². The Morgan fingerprint density at radius 2 is 2.17 bits per heavy atom. The van der Waals surface area contributed by atoms with Crippen LogP contribution in [0.4, 0.5) is 16.0 Å². The number of rotatable bonds is 6. The van der Waals surface area contributed by atoms with Gasteiger partial charge in [-0.3, -0.25) is 4.68 Å². The van der Waals surface area contributed by atoms with Crippen molar-refractivity contribution in [2.24, 2.45) is 11.1 Å². The Morgan fingerprint density at radius 3 is 2.91 bits per heavy atom. The number of halogens is 1. The molecule has 11 nitrogen and oxygen atoms in total. The van der Waals surface area contributed by atoms with E-state index in [0.717, 1.165) is 44.5 Å². The number of anilines is 2. The van der Waals surface area contributed by atoms with Crippen molar-refractivity contribution in [3.05, 3.63) is 41.1 Å². The Labute approximate surface area is 199 Å². The Kier molecular flexibility index (Phi) is 4.03. The molecule has 1 aliphatic heterocycles. The maximum atomic E-state index is 14.5. The van der Waals surface area contributed by atoms with E-state index in [1.54, 1.807) is 0 Å². The molecule has 12 heteroatoms. The van der Waals surface area contributed by atoms with Crippen molar-refractivity contribution in [2.45, 2.75) is 43.2 Å². The van der Waals surface area contributed by atoms with Crippen LogP contribution in [0.2, 0.25) is 0 Å². The van der Waals surface area contributed by atoms with Gasteiger partial charge < -0.3 is 15.4 Å². The molecule has 7 rings (SSSR count). The van der Waals surface area contributed by atoms with Crippen LogP contribution in [-0.4, -0.2) is 55.1 Å². The largest absolute Gasteiger partial charge is 0.494 e. The maximum absolute atomic E-state index is 14.5. The summed E-state index contributed by atoms with van der Waals surface area (Å²) in [7, 11) is 1.41. The van der Waals surface area contributed by atoms with Gasteiger partial charge in [0.2, 0.25) is 5.95 Å². The lowest BCUT2D eigenvalue weighted by Crippen LogP contribution is -2.39. The number of piperidine rings is 1. The number of nitrogens with two attached hydrogens (primary N) is 1. The molecule has 3 aliphatic rings. The summed E-state index contributed by atoms with van der Waals surface area (Å²) in [4.78, 5) is 22.8. The van der Waals surface area contributed by atoms with Crippen molar-refractivity contribution in [1.82, 2.24) is 29.4 Å². The highest BCUT2D eigenvalue weighted by molar-refractivity contribution is 5.93. The minimum Gasteiger partial charge on any atom is -0.494 e. The van der Waals surface area contributed by atoms with Gasteiger partial charge in [0.25, 0.3) is 0 Å². The number of aromatic nitrogens is 6. The third kappa shape index (κ3) is 2.88. The van der Waals surface area contributed by atoms with Crippen molar-refractivity contribution >= 4 is 28.2 Å². The lowest BCUT2D eigenvalue weighted by molar-refractivity contribution is 0.208. The molecule has 0 amide bonds. The molecule has 4 heterocycles. The molecule has 3 fully saturated rings. The third-order valence-electron chi connectivity index (χ3n) is 8.08. The maximum Gasteiger partial charge on any atom is 0.223 e. The Bertz CT molecular complexity index is 1510. The average molecular weight is 478 g/mol. The molecule has 0 spiro atoms. The number of methoxy groups -OCH3 is 1. The predicted octanol–water partition coefficient (Wildman–Crippen LogP) is 2.67. The Hall–Kier alpha value is -3.83. The summed E-state index contributed by atoms with van der Waals surface area (Å²) in [6, 6.07) is 2.89. The van der Waals surface area contributed by atoms with Gasteiger partial charge >= 0.3 is 0 Å². The van der Waals surface area contributed by atoms with Crippen LogP contribution >= 0.6 is 0 Å². The van der Waals surface area contributed by atoms with Gasteiger partial charge in [-0.15, -0.1) is 5.10 Å². The number of ether oxygens (including phenoxy) is 1. The lowest BCUT2D eigenvalue weighted by Gasteiger charge is -2.34. The van der Waals surface area contributed by atoms with E-state index in [1.165, 1.54) is 23.8 Å². The molecule has 2 N–H and O–H groups in total. The van der Waals surface area contributed by atoms with Crippen molar-refractivity contribution in [3.8, 4) is 5.75 Å². The second-order valence-electron chi connectivity index (χ2n) is 10.1. The molecule has 35 heavy (non-hydrogen) atoms. The molecule has 1 saturated heterocycles. The van der Waals surface area contributed by atoms with Gasteiger partial charge in [-0.05, 0) is 37.7 Å². The number of nitrogen functional groups attached to an aromatic ring is 1. The molecular formula is C23H24FN9O2. The SMILES string of the molecule is COc1cc2nc(N)n3nc(C45CC4CN(c4cnn(CC6(N=O)CCC6)c4)C5)nc3c2cc1F. The van der Waals surface area contributed by atoms with E-state index in [0.29, 0.717) is 34.8 Å². The standard InChI is InChI=1S/C23H24FN9O2/c1-35-18-6-17-15(5-16(18)24)19-28-20(29-33(19)21(25)27-17)23-7-13(23)9-31(12-23)14-8-26-32(10-14)11-22(30-34)3-2-4-22/h5-6,8,10,13H,2-4,7,9,11-12H2,1H3,(H2,25,27). The normalized spacial score (nSPS) is 24.5. The first-order valence-electron chi connectivity index (χ1n) is 11.8. The minimum atomic E-state index is -0.502. The van der Waals surface area contributed by atoms with Gasteiger partial charge in [-0.1, -0.05) is 5.18 Å². The van der Waals surface area contributed by atoms with E-state index >= 15 is 0 Å². The first-order chi connectivity index (χ1) is 16.9. The number of hydrogen-bond acceptors (Lipinski definition) is 9. The molecule has 180 valence electrons. The van der Waals surface area contributed by atoms with Crippen LogP contribution in [-0.2, 0) is 12.0 Å². The number of nitroso groups, excluding NO2 is 1. The zero-order chi connectivity index (χ0) is 23.9. The highest BCUT2D eigenvalue weighted by Crippen LogP contribution is 2.58. The van der Waals surface area contributed by atoms with Crippen LogP contribution in [0, 0.1) is 16.6 Å². The number of hydrogen-bond donors (Lipinski definition) is 1. The molecule has 2 unspecified atom stereocenters. The highest BCUT2D eigenvalue weighted by Gasteiger charge is 2.63. The van der Waals surface area contributed by atoms with Crippen LogP contribution in [0.3, 0.4) is 0 Å². The Morgan fingerprint density at radius 1 is 1.31 bits per heavy atom. The summed E-state index contributed by atoms with van der Waals surface area (Å²) >= 11 is 0. The molecule has 0 bridgehead atoms. The fourth-order valence-corrected chi connectivity index (χ4v) is 5.79. The van der Waals surface area contributed by atoms with Gasteiger partial charge in [-0.25, -0.2) is 14.4 Å². The van der Waals surface area contributed by atoms with Gasteiger partial charge in [0.1, 0.15) is 5.54 Å². The number of nitrogens with zero attached hydrogens (tertiary/aromatic N) is 8. The second kappa shape index (κ2) is 6.86. The van der Waals surface area contributed by atoms with E-state index in [-0.39, 0.29) is 17.1 Å². The van der Waals surface area contributed by atoms with Gasteiger partial charge in [0.15, 0.2) is 23.0 Å². The van der Waals surface area contributed by atoms with E-state index in [2.05, 4.69) is 20.2 Å². The predicted molar refractivity (Wildman–Crippen MR) is 126 cm³/mol. The van der Waals surface area contributed by atoms with Crippen molar-refractivity contribution in [3.63, 3.8) is 0 Å². The zero-order valence-corrected chi connectivity index (χ0v) is 19.2. The van der Waals surface area contributed by atoms with Crippen LogP contribution in [0.1, 0.15) is 31.5 Å². The molecule has 4 aromatic rings. The summed E-state index contributed by atoms with van der Waals surface area (Å²) in [5, 5.41) is 13.1. The zero-order valence-electron chi connectivity index (χ0n) is 19.2. The molecule has 2 saturated carbocycles. The summed E-state index contributed by atoms with van der Waals surface area (Å²) in [6.45, 7) is 2.15. The monoisotopic (exact) mass is 477 g/mol. The molecule has 0 radical (unpaired) electrons. The van der Waals surface area contributed by atoms with E-state index in [1.807, 2.05) is 17.1 Å². The summed E-state index contributed by atoms with van der Waals surface area (Å²) in [6.07, 6.45) is 7.51. The van der Waals surface area contributed by atoms with Crippen LogP contribution in [0.5, 0.6) is 5.75 Å². The van der Waals surface area contributed by atoms with Crippen LogP contribution in [0.15, 0.2) is 29.7 Å². The van der Waals surface area contributed by atoms with Crippen molar-refractivity contribution < 1.29 is 9.13 Å². The van der Waals surface area contributed by atoms with Crippen molar-refractivity contribution in [1.29, 1.82) is 0 Å². The summed E-state index contributed by atoms with van der Waals surface area (Å²) < 4.78 is 22.9. The number of benzene rings is 1. The minimum absolute atomic E-state index is 0.105. The summed E-state index contributed by atoms with van der Waals surface area (Å²) in [5.74, 6) is 0.924. The Balaban J connectivity index is 1.19. The lowest BCUT2D eigenvalue weighted by atomic mass is 9.77.